The molecule has 44 heavy (non-hydrogen) atoms. The van der Waals surface area contributed by atoms with Gasteiger partial charge in [-0.25, -0.2) is 0 Å². The smallest absolute Gasteiger partial charge is 0.0562 e. The van der Waals surface area contributed by atoms with Gasteiger partial charge in [-0.15, -0.1) is 0 Å². The van der Waals surface area contributed by atoms with Gasteiger partial charge < -0.3 is 9.47 Å². The summed E-state index contributed by atoms with van der Waals surface area (Å²) in [5, 5.41) is 2.49. The van der Waals surface area contributed by atoms with Crippen molar-refractivity contribution in [2.24, 2.45) is 0 Å². The predicted octanol–water partition coefficient (Wildman–Crippen LogP) is 11.5. The molecule has 0 unspecified atom stereocenters. The summed E-state index contributed by atoms with van der Waals surface area (Å²) in [6.07, 6.45) is 0. The lowest BCUT2D eigenvalue weighted by Gasteiger charge is -2.49. The number of benzene rings is 6. The zero-order valence-corrected chi connectivity index (χ0v) is 25.8. The molecular formula is C42H36N2. The van der Waals surface area contributed by atoms with Crippen molar-refractivity contribution in [2.45, 2.75) is 38.5 Å². The minimum absolute atomic E-state index is 0.0318. The van der Waals surface area contributed by atoms with Crippen molar-refractivity contribution >= 4 is 38.9 Å². The summed E-state index contributed by atoms with van der Waals surface area (Å²) in [7, 11) is 0. The van der Waals surface area contributed by atoms with Crippen LogP contribution in [0.2, 0.25) is 0 Å². The van der Waals surface area contributed by atoms with E-state index in [-0.39, 0.29) is 10.8 Å². The number of rotatable bonds is 4. The van der Waals surface area contributed by atoms with Crippen molar-refractivity contribution in [3.63, 3.8) is 0 Å². The third kappa shape index (κ3) is 3.67. The minimum Gasteiger partial charge on any atom is -0.309 e. The molecule has 0 atom stereocenters. The number of para-hydroxylation sites is 3. The molecule has 0 amide bonds. The Balaban J connectivity index is 1.50. The molecule has 2 heteroatoms. The maximum Gasteiger partial charge on any atom is 0.0562 e. The summed E-state index contributed by atoms with van der Waals surface area (Å²) in [4.78, 5) is 2.49. The van der Waals surface area contributed by atoms with Crippen molar-refractivity contribution < 1.29 is 0 Å². The molecule has 0 spiro atoms. The molecule has 0 fully saturated rings. The van der Waals surface area contributed by atoms with Crippen LogP contribution in [-0.2, 0) is 10.8 Å². The van der Waals surface area contributed by atoms with Crippen molar-refractivity contribution in [1.29, 1.82) is 0 Å². The molecular weight excluding hydrogens is 532 g/mol. The molecule has 7 aromatic rings. The van der Waals surface area contributed by atoms with E-state index in [4.69, 9.17) is 0 Å². The standard InChI is InChI=1S/C42H36N2/c1-41(2)33-23-13-11-21-31(33)39-34(42(41,3)4)24-15-26-36(39)44(30-19-9-6-10-20-30)38-28-16-27-37-40(38)32-22-12-14-25-35(32)43(37)29-17-7-5-8-18-29/h5-28H,1-4H3. The molecule has 0 saturated heterocycles. The van der Waals surface area contributed by atoms with Gasteiger partial charge in [0.05, 0.1) is 22.4 Å². The van der Waals surface area contributed by atoms with Crippen LogP contribution in [-0.4, -0.2) is 4.57 Å². The van der Waals surface area contributed by atoms with Crippen LogP contribution in [0.25, 0.3) is 38.6 Å². The Morgan fingerprint density at radius 1 is 0.477 bits per heavy atom. The van der Waals surface area contributed by atoms with E-state index in [9.17, 15) is 0 Å². The summed E-state index contributed by atoms with van der Waals surface area (Å²) >= 11 is 0. The fourth-order valence-electron chi connectivity index (χ4n) is 7.48. The Morgan fingerprint density at radius 3 is 1.84 bits per heavy atom. The molecule has 0 N–H and O–H groups in total. The van der Waals surface area contributed by atoms with Crippen LogP contribution in [0.15, 0.2) is 146 Å². The van der Waals surface area contributed by atoms with Gasteiger partial charge >= 0.3 is 0 Å². The first-order valence-electron chi connectivity index (χ1n) is 15.6. The van der Waals surface area contributed by atoms with E-state index < -0.39 is 0 Å². The molecule has 6 aromatic carbocycles. The molecule has 0 radical (unpaired) electrons. The molecule has 2 nitrogen and oxygen atoms in total. The van der Waals surface area contributed by atoms with Gasteiger partial charge in [0.1, 0.15) is 0 Å². The Hall–Kier alpha value is -5.08. The lowest BCUT2D eigenvalue weighted by Crippen LogP contribution is -2.43. The molecule has 214 valence electrons. The van der Waals surface area contributed by atoms with E-state index in [0.717, 1.165) is 11.4 Å². The van der Waals surface area contributed by atoms with Crippen LogP contribution in [0.5, 0.6) is 0 Å². The fourth-order valence-corrected chi connectivity index (χ4v) is 7.48. The molecule has 0 saturated carbocycles. The Bertz CT molecular complexity index is 2170. The van der Waals surface area contributed by atoms with Gasteiger partial charge in [0.15, 0.2) is 0 Å². The second kappa shape index (κ2) is 9.72. The molecule has 1 aliphatic carbocycles. The average molecular weight is 569 g/mol. The van der Waals surface area contributed by atoms with E-state index in [0.29, 0.717) is 0 Å². The third-order valence-electron chi connectivity index (χ3n) is 10.3. The topological polar surface area (TPSA) is 8.17 Å². The minimum atomic E-state index is -0.0790. The monoisotopic (exact) mass is 568 g/mol. The second-order valence-electron chi connectivity index (χ2n) is 13.0. The van der Waals surface area contributed by atoms with Gasteiger partial charge in [-0.05, 0) is 76.1 Å². The highest BCUT2D eigenvalue weighted by Gasteiger charge is 2.46. The fraction of sp³-hybridized carbons (Fsp3) is 0.143. The van der Waals surface area contributed by atoms with Gasteiger partial charge in [-0.3, -0.25) is 0 Å². The van der Waals surface area contributed by atoms with Gasteiger partial charge in [-0.2, -0.15) is 0 Å². The quantitative estimate of drug-likeness (QED) is 0.205. The first-order valence-corrected chi connectivity index (χ1v) is 15.6. The lowest BCUT2D eigenvalue weighted by molar-refractivity contribution is 0.299. The Labute approximate surface area is 259 Å². The van der Waals surface area contributed by atoms with Crippen LogP contribution in [0.4, 0.5) is 17.1 Å². The van der Waals surface area contributed by atoms with Crippen molar-refractivity contribution in [3.8, 4) is 16.8 Å². The highest BCUT2D eigenvalue weighted by molar-refractivity contribution is 6.17. The van der Waals surface area contributed by atoms with Gasteiger partial charge in [0.2, 0.25) is 0 Å². The van der Waals surface area contributed by atoms with Gasteiger partial charge in [0, 0.05) is 27.7 Å². The predicted molar refractivity (Wildman–Crippen MR) is 187 cm³/mol. The van der Waals surface area contributed by atoms with E-state index in [2.05, 4.69) is 183 Å². The van der Waals surface area contributed by atoms with Gasteiger partial charge in [-0.1, -0.05) is 125 Å². The Kier molecular flexibility index (Phi) is 5.86. The van der Waals surface area contributed by atoms with Crippen LogP contribution in [0.1, 0.15) is 38.8 Å². The van der Waals surface area contributed by atoms with Crippen molar-refractivity contribution in [3.05, 3.63) is 157 Å². The van der Waals surface area contributed by atoms with E-state index in [1.165, 1.54) is 55.4 Å². The zero-order chi connectivity index (χ0) is 30.1. The van der Waals surface area contributed by atoms with Crippen molar-refractivity contribution in [1.82, 2.24) is 4.57 Å². The largest absolute Gasteiger partial charge is 0.309 e. The lowest BCUT2D eigenvalue weighted by atomic mass is 9.55. The molecule has 1 aliphatic rings. The van der Waals surface area contributed by atoms with Crippen LogP contribution < -0.4 is 4.90 Å². The summed E-state index contributed by atoms with van der Waals surface area (Å²) in [6, 6.07) is 53.1. The average Bonchev–Trinajstić information content (AvgIpc) is 3.40. The van der Waals surface area contributed by atoms with Crippen LogP contribution in [0.3, 0.4) is 0 Å². The first-order chi connectivity index (χ1) is 21.4. The highest BCUT2D eigenvalue weighted by atomic mass is 15.2. The summed E-state index contributed by atoms with van der Waals surface area (Å²) in [6.45, 7) is 9.62. The number of fused-ring (bicyclic) bond motifs is 6. The highest BCUT2D eigenvalue weighted by Crippen LogP contribution is 2.57. The summed E-state index contributed by atoms with van der Waals surface area (Å²) in [5.41, 5.74) is 12.4. The summed E-state index contributed by atoms with van der Waals surface area (Å²) in [5.74, 6) is 0. The van der Waals surface area contributed by atoms with Crippen molar-refractivity contribution in [2.75, 3.05) is 4.90 Å². The molecule has 0 aliphatic heterocycles. The number of hydrogen-bond acceptors (Lipinski definition) is 1. The van der Waals surface area contributed by atoms with Crippen LogP contribution in [0, 0.1) is 0 Å². The van der Waals surface area contributed by atoms with E-state index >= 15 is 0 Å². The maximum atomic E-state index is 2.49. The molecule has 1 heterocycles. The second-order valence-corrected chi connectivity index (χ2v) is 13.0. The summed E-state index contributed by atoms with van der Waals surface area (Å²) < 4.78 is 2.40. The normalized spacial score (nSPS) is 14.7. The van der Waals surface area contributed by atoms with Gasteiger partial charge in [0.25, 0.3) is 0 Å². The number of nitrogens with zero attached hydrogens (tertiary/aromatic N) is 2. The number of hydrogen-bond donors (Lipinski definition) is 0. The van der Waals surface area contributed by atoms with Crippen LogP contribution >= 0.6 is 0 Å². The maximum absolute atomic E-state index is 2.49. The SMILES string of the molecule is CC1(C)c2ccccc2-c2c(N(c3ccccc3)c3cccc4c3c3ccccc3n4-c3ccccc3)cccc2C1(C)C. The van der Waals surface area contributed by atoms with E-state index in [1.807, 2.05) is 0 Å². The molecule has 0 bridgehead atoms. The molecule has 1 aromatic heterocycles. The zero-order valence-electron chi connectivity index (χ0n) is 25.8. The van der Waals surface area contributed by atoms with E-state index in [1.54, 1.807) is 0 Å². The number of aromatic nitrogens is 1. The molecule has 8 rings (SSSR count). The first kappa shape index (κ1) is 26.5. The Morgan fingerprint density at radius 2 is 1.05 bits per heavy atom. The number of anilines is 3. The third-order valence-corrected chi connectivity index (χ3v) is 10.3.